The second-order valence-electron chi connectivity index (χ2n) is 7.90. The second-order valence-corrected chi connectivity index (χ2v) is 7.90. The highest BCUT2D eigenvalue weighted by Crippen LogP contribution is 2.24. The largest absolute Gasteiger partial charge is 0.367 e. The lowest BCUT2D eigenvalue weighted by Crippen LogP contribution is -2.49. The second kappa shape index (κ2) is 6.64. The standard InChI is InChI=1S/C20H24N6O/c1-20(2,3)17-14-26-13-15(4-5-18(26)23-17)24-8-10-25(11-9-24)19(27)16-12-21-6-7-22-16/h4-7,12-14H,8-11H2,1-3H3. The number of carbonyl (C=O) groups excluding carboxylic acids is 1. The van der Waals surface area contributed by atoms with Gasteiger partial charge in [0.15, 0.2) is 0 Å². The molecule has 0 aliphatic carbocycles. The van der Waals surface area contributed by atoms with Gasteiger partial charge in [0.2, 0.25) is 0 Å². The van der Waals surface area contributed by atoms with Crippen molar-refractivity contribution in [3.63, 3.8) is 0 Å². The maximum absolute atomic E-state index is 12.5. The molecule has 3 aromatic rings. The highest BCUT2D eigenvalue weighted by molar-refractivity contribution is 5.92. The Hall–Kier alpha value is -2.96. The van der Waals surface area contributed by atoms with Crippen LogP contribution in [0.4, 0.5) is 5.69 Å². The first-order chi connectivity index (χ1) is 12.9. The van der Waals surface area contributed by atoms with Crippen molar-refractivity contribution in [2.75, 3.05) is 31.1 Å². The molecule has 1 aliphatic heterocycles. The molecule has 0 saturated carbocycles. The molecule has 0 aromatic carbocycles. The van der Waals surface area contributed by atoms with Crippen LogP contribution in [0.2, 0.25) is 0 Å². The summed E-state index contributed by atoms with van der Waals surface area (Å²) < 4.78 is 2.09. The lowest BCUT2D eigenvalue weighted by molar-refractivity contribution is 0.0740. The van der Waals surface area contributed by atoms with Crippen molar-refractivity contribution in [2.24, 2.45) is 0 Å². The Morgan fingerprint density at radius 3 is 2.48 bits per heavy atom. The third-order valence-electron chi connectivity index (χ3n) is 4.92. The van der Waals surface area contributed by atoms with Crippen molar-refractivity contribution in [2.45, 2.75) is 26.2 Å². The molecule has 7 heteroatoms. The van der Waals surface area contributed by atoms with Crippen LogP contribution in [-0.2, 0) is 5.41 Å². The van der Waals surface area contributed by atoms with Crippen LogP contribution >= 0.6 is 0 Å². The third kappa shape index (κ3) is 3.49. The summed E-state index contributed by atoms with van der Waals surface area (Å²) in [5.74, 6) is -0.0531. The van der Waals surface area contributed by atoms with E-state index in [1.54, 1.807) is 12.4 Å². The zero-order valence-electron chi connectivity index (χ0n) is 16.0. The summed E-state index contributed by atoms with van der Waals surface area (Å²) in [7, 11) is 0. The zero-order valence-corrected chi connectivity index (χ0v) is 16.0. The highest BCUT2D eigenvalue weighted by atomic mass is 16.2. The van der Waals surface area contributed by atoms with E-state index in [1.807, 2.05) is 4.90 Å². The number of aromatic nitrogens is 4. The summed E-state index contributed by atoms with van der Waals surface area (Å²) in [6, 6.07) is 4.16. The van der Waals surface area contributed by atoms with E-state index in [4.69, 9.17) is 4.98 Å². The van der Waals surface area contributed by atoms with Crippen LogP contribution in [0.3, 0.4) is 0 Å². The van der Waals surface area contributed by atoms with E-state index in [0.29, 0.717) is 18.8 Å². The van der Waals surface area contributed by atoms with Gasteiger partial charge in [0.25, 0.3) is 5.91 Å². The van der Waals surface area contributed by atoms with E-state index in [-0.39, 0.29) is 11.3 Å². The van der Waals surface area contributed by atoms with E-state index in [9.17, 15) is 4.79 Å². The van der Waals surface area contributed by atoms with Crippen molar-refractivity contribution < 1.29 is 4.79 Å². The maximum atomic E-state index is 12.5. The number of rotatable bonds is 2. The molecule has 140 valence electrons. The summed E-state index contributed by atoms with van der Waals surface area (Å²) in [4.78, 5) is 29.5. The molecule has 1 aliphatic rings. The van der Waals surface area contributed by atoms with Gasteiger partial charge in [-0.15, -0.1) is 0 Å². The lowest BCUT2D eigenvalue weighted by atomic mass is 9.93. The molecule has 3 aromatic heterocycles. The van der Waals surface area contributed by atoms with Crippen molar-refractivity contribution >= 4 is 17.2 Å². The van der Waals surface area contributed by atoms with Gasteiger partial charge in [-0.1, -0.05) is 20.8 Å². The molecular formula is C20H24N6O. The Labute approximate surface area is 158 Å². The predicted octanol–water partition coefficient (Wildman–Crippen LogP) is 2.38. The average molecular weight is 364 g/mol. The van der Waals surface area contributed by atoms with Crippen LogP contribution in [-0.4, -0.2) is 56.3 Å². The summed E-state index contributed by atoms with van der Waals surface area (Å²) in [6.07, 6.45) is 8.88. The molecule has 0 spiro atoms. The molecule has 27 heavy (non-hydrogen) atoms. The third-order valence-corrected chi connectivity index (χ3v) is 4.92. The summed E-state index contributed by atoms with van der Waals surface area (Å²) in [5, 5.41) is 0. The first-order valence-corrected chi connectivity index (χ1v) is 9.21. The van der Waals surface area contributed by atoms with Gasteiger partial charge in [0.05, 0.1) is 17.6 Å². The Morgan fingerprint density at radius 2 is 1.81 bits per heavy atom. The minimum absolute atomic E-state index is 0.0263. The van der Waals surface area contributed by atoms with Crippen LogP contribution < -0.4 is 4.90 Å². The summed E-state index contributed by atoms with van der Waals surface area (Å²) in [6.45, 7) is 9.43. The van der Waals surface area contributed by atoms with Gasteiger partial charge in [-0.25, -0.2) is 9.97 Å². The van der Waals surface area contributed by atoms with E-state index in [2.05, 4.69) is 64.6 Å². The minimum Gasteiger partial charge on any atom is -0.367 e. The van der Waals surface area contributed by atoms with Gasteiger partial charge in [-0.3, -0.25) is 9.78 Å². The topological polar surface area (TPSA) is 66.6 Å². The van der Waals surface area contributed by atoms with Gasteiger partial charge in [0.1, 0.15) is 11.3 Å². The fraction of sp³-hybridized carbons (Fsp3) is 0.400. The van der Waals surface area contributed by atoms with E-state index in [1.165, 1.54) is 6.20 Å². The molecule has 0 atom stereocenters. The van der Waals surface area contributed by atoms with Crippen molar-refractivity contribution in [3.8, 4) is 0 Å². The van der Waals surface area contributed by atoms with Crippen LogP contribution in [0.5, 0.6) is 0 Å². The zero-order chi connectivity index (χ0) is 19.0. The molecule has 0 bridgehead atoms. The maximum Gasteiger partial charge on any atom is 0.274 e. The number of imidazole rings is 1. The smallest absolute Gasteiger partial charge is 0.274 e. The SMILES string of the molecule is CC(C)(C)c1cn2cc(N3CCN(C(=O)c4cnccn4)CC3)ccc2n1. The van der Waals surface area contributed by atoms with Gasteiger partial charge in [0, 0.05) is 56.4 Å². The first-order valence-electron chi connectivity index (χ1n) is 9.21. The van der Waals surface area contributed by atoms with Crippen molar-refractivity contribution in [3.05, 3.63) is 54.5 Å². The van der Waals surface area contributed by atoms with Crippen LogP contribution in [0.15, 0.2) is 43.1 Å². The van der Waals surface area contributed by atoms with E-state index >= 15 is 0 Å². The average Bonchev–Trinajstić information content (AvgIpc) is 3.12. The number of nitrogens with zero attached hydrogens (tertiary/aromatic N) is 6. The van der Waals surface area contributed by atoms with Crippen LogP contribution in [0.1, 0.15) is 37.0 Å². The Bertz CT molecular complexity index is 952. The minimum atomic E-state index is -0.0531. The van der Waals surface area contributed by atoms with Crippen LogP contribution in [0.25, 0.3) is 5.65 Å². The van der Waals surface area contributed by atoms with Gasteiger partial charge >= 0.3 is 0 Å². The van der Waals surface area contributed by atoms with Crippen LogP contribution in [0, 0.1) is 0 Å². The fourth-order valence-corrected chi connectivity index (χ4v) is 3.27. The first kappa shape index (κ1) is 17.5. The van der Waals surface area contributed by atoms with Crippen molar-refractivity contribution in [1.29, 1.82) is 0 Å². The lowest BCUT2D eigenvalue weighted by Gasteiger charge is -2.35. The Kier molecular flexibility index (Phi) is 4.30. The molecule has 4 rings (SSSR count). The number of anilines is 1. The molecule has 7 nitrogen and oxygen atoms in total. The quantitative estimate of drug-likeness (QED) is 0.698. The number of piperazine rings is 1. The molecule has 0 N–H and O–H groups in total. The normalized spacial score (nSPS) is 15.4. The highest BCUT2D eigenvalue weighted by Gasteiger charge is 2.24. The number of carbonyl (C=O) groups is 1. The number of hydrogen-bond acceptors (Lipinski definition) is 5. The number of fused-ring (bicyclic) bond motifs is 1. The molecule has 1 saturated heterocycles. The van der Waals surface area contributed by atoms with E-state index < -0.39 is 0 Å². The van der Waals surface area contributed by atoms with Gasteiger partial charge < -0.3 is 14.2 Å². The Balaban J connectivity index is 1.47. The molecule has 0 radical (unpaired) electrons. The monoisotopic (exact) mass is 364 g/mol. The molecule has 1 amide bonds. The predicted molar refractivity (Wildman–Crippen MR) is 104 cm³/mol. The summed E-state index contributed by atoms with van der Waals surface area (Å²) in [5.41, 5.74) is 3.62. The van der Waals surface area contributed by atoms with Gasteiger partial charge in [-0.2, -0.15) is 0 Å². The Morgan fingerprint density at radius 1 is 1.04 bits per heavy atom. The number of pyridine rings is 1. The molecule has 0 unspecified atom stereocenters. The summed E-state index contributed by atoms with van der Waals surface area (Å²) >= 11 is 0. The number of hydrogen-bond donors (Lipinski definition) is 0. The number of amides is 1. The van der Waals surface area contributed by atoms with E-state index in [0.717, 1.165) is 30.1 Å². The van der Waals surface area contributed by atoms with Crippen molar-refractivity contribution in [1.82, 2.24) is 24.3 Å². The molecular weight excluding hydrogens is 340 g/mol. The molecule has 4 heterocycles. The fourth-order valence-electron chi connectivity index (χ4n) is 3.27. The van der Waals surface area contributed by atoms with Gasteiger partial charge in [-0.05, 0) is 12.1 Å². The molecule has 1 fully saturated rings.